The van der Waals surface area contributed by atoms with Crippen LogP contribution in [0.1, 0.15) is 66.7 Å². The molecule has 36 heavy (non-hydrogen) atoms. The highest BCUT2D eigenvalue weighted by Gasteiger charge is 2.79. The molecule has 8 nitrogen and oxygen atoms in total. The molecule has 2 bridgehead atoms. The average molecular weight is 505 g/mol. The van der Waals surface area contributed by atoms with Gasteiger partial charge in [0.1, 0.15) is 17.6 Å². The van der Waals surface area contributed by atoms with Gasteiger partial charge in [-0.25, -0.2) is 0 Å². The zero-order valence-corrected chi connectivity index (χ0v) is 22.6. The van der Waals surface area contributed by atoms with Crippen molar-refractivity contribution < 1.29 is 29.0 Å². The van der Waals surface area contributed by atoms with Crippen molar-refractivity contribution in [3.05, 3.63) is 25.3 Å². The number of unbranched alkanes of at least 4 members (excludes halogenated alkanes) is 1. The zero-order valence-electron chi connectivity index (χ0n) is 22.6. The molecule has 0 saturated carbocycles. The van der Waals surface area contributed by atoms with Crippen molar-refractivity contribution in [3.8, 4) is 0 Å². The third kappa shape index (κ3) is 4.51. The number of aliphatic hydroxyl groups is 1. The maximum Gasteiger partial charge on any atom is 0.312 e. The van der Waals surface area contributed by atoms with Gasteiger partial charge in [-0.3, -0.25) is 14.4 Å². The van der Waals surface area contributed by atoms with Crippen molar-refractivity contribution >= 4 is 17.8 Å². The number of fused-ring (bicyclic) bond motifs is 1. The maximum atomic E-state index is 14.2. The number of ether oxygens (including phenoxy) is 2. The van der Waals surface area contributed by atoms with Crippen molar-refractivity contribution in [2.45, 2.75) is 96.1 Å². The van der Waals surface area contributed by atoms with Gasteiger partial charge in [0, 0.05) is 12.6 Å². The van der Waals surface area contributed by atoms with Gasteiger partial charge in [0.2, 0.25) is 11.8 Å². The highest BCUT2D eigenvalue weighted by Crippen LogP contribution is 2.64. The SMILES string of the molecule is C=CCCCOC(=O)[C@@H]1[C@H]2C(=O)N([C@@H](CO)[C@@H](C)CC)C(C(=O)N(CC=C)C(C)C)C23CC[C@@]1(C)O3. The summed E-state index contributed by atoms with van der Waals surface area (Å²) in [7, 11) is 0. The van der Waals surface area contributed by atoms with Crippen LogP contribution in [0.2, 0.25) is 0 Å². The molecule has 0 aromatic heterocycles. The Morgan fingerprint density at radius 2 is 1.97 bits per heavy atom. The van der Waals surface area contributed by atoms with E-state index in [1.807, 2.05) is 34.6 Å². The molecule has 0 radical (unpaired) electrons. The summed E-state index contributed by atoms with van der Waals surface area (Å²) in [4.78, 5) is 45.1. The number of carbonyl (C=O) groups is 3. The van der Waals surface area contributed by atoms with Crippen LogP contribution in [0, 0.1) is 17.8 Å². The van der Waals surface area contributed by atoms with E-state index in [-0.39, 0.29) is 37.0 Å². The van der Waals surface area contributed by atoms with Gasteiger partial charge in [0.05, 0.1) is 30.8 Å². The first-order valence-corrected chi connectivity index (χ1v) is 13.4. The van der Waals surface area contributed by atoms with Crippen LogP contribution in [0.15, 0.2) is 25.3 Å². The molecule has 3 saturated heterocycles. The molecule has 3 fully saturated rings. The van der Waals surface area contributed by atoms with E-state index in [1.165, 1.54) is 0 Å². The molecule has 202 valence electrons. The van der Waals surface area contributed by atoms with Gasteiger partial charge in [-0.05, 0) is 52.4 Å². The molecule has 3 rings (SSSR count). The Bertz CT molecular complexity index is 874. The fraction of sp³-hybridized carbons (Fsp3) is 0.750. The standard InChI is InChI=1S/C28H44N2O6/c1-8-11-12-16-35-26(34)22-21-24(32)30(20(17-31)19(6)10-3)23(25(33)29(15-9-2)18(4)5)28(21)14-13-27(22,7)36-28/h8-9,18-23,31H,1-2,10-17H2,3-7H3/t19-,20-,21-,22-,23?,27+,28?/m0/s1. The summed E-state index contributed by atoms with van der Waals surface area (Å²) in [6.45, 7) is 17.5. The summed E-state index contributed by atoms with van der Waals surface area (Å²) in [6, 6.07) is -1.61. The lowest BCUT2D eigenvalue weighted by atomic mass is 9.66. The second-order valence-corrected chi connectivity index (χ2v) is 11.1. The van der Waals surface area contributed by atoms with Gasteiger partial charge < -0.3 is 24.4 Å². The second-order valence-electron chi connectivity index (χ2n) is 11.1. The van der Waals surface area contributed by atoms with Crippen molar-refractivity contribution in [1.29, 1.82) is 0 Å². The molecular weight excluding hydrogens is 460 g/mol. The maximum absolute atomic E-state index is 14.2. The average Bonchev–Trinajstić information content (AvgIpc) is 3.41. The molecular formula is C28H44N2O6. The first kappa shape index (κ1) is 28.4. The number of esters is 1. The number of nitrogens with zero attached hydrogens (tertiary/aromatic N) is 2. The van der Waals surface area contributed by atoms with E-state index < -0.39 is 41.1 Å². The lowest BCUT2D eigenvalue weighted by molar-refractivity contribution is -0.163. The number of allylic oxidation sites excluding steroid dienone is 1. The van der Waals surface area contributed by atoms with Crippen LogP contribution < -0.4 is 0 Å². The quantitative estimate of drug-likeness (QED) is 0.235. The van der Waals surface area contributed by atoms with Gasteiger partial charge in [-0.15, -0.1) is 13.2 Å². The summed E-state index contributed by atoms with van der Waals surface area (Å²) in [6.07, 6.45) is 6.59. The topological polar surface area (TPSA) is 96.4 Å². The number of hydrogen-bond acceptors (Lipinski definition) is 6. The largest absolute Gasteiger partial charge is 0.465 e. The Morgan fingerprint density at radius 3 is 2.53 bits per heavy atom. The highest BCUT2D eigenvalue weighted by molar-refractivity contribution is 5.98. The Kier molecular flexibility index (Phi) is 8.71. The molecule has 7 atom stereocenters. The van der Waals surface area contributed by atoms with Crippen molar-refractivity contribution in [1.82, 2.24) is 9.80 Å². The first-order chi connectivity index (χ1) is 17.0. The van der Waals surface area contributed by atoms with Crippen molar-refractivity contribution in [2.75, 3.05) is 19.8 Å². The number of rotatable bonds is 13. The molecule has 2 unspecified atom stereocenters. The monoisotopic (exact) mass is 504 g/mol. The number of carbonyl (C=O) groups excluding carboxylic acids is 3. The van der Waals surface area contributed by atoms with Crippen LogP contribution in [0.25, 0.3) is 0 Å². The fourth-order valence-corrected chi connectivity index (χ4v) is 6.51. The molecule has 1 spiro atoms. The second kappa shape index (κ2) is 11.1. The third-order valence-electron chi connectivity index (χ3n) is 8.58. The number of likely N-dealkylation sites (tertiary alicyclic amines) is 1. The van der Waals surface area contributed by atoms with Crippen LogP contribution in [-0.4, -0.2) is 81.8 Å². The summed E-state index contributed by atoms with van der Waals surface area (Å²) in [5.41, 5.74) is -2.02. The van der Waals surface area contributed by atoms with E-state index in [9.17, 15) is 19.5 Å². The Morgan fingerprint density at radius 1 is 1.28 bits per heavy atom. The predicted octanol–water partition coefficient (Wildman–Crippen LogP) is 3.09. The van der Waals surface area contributed by atoms with E-state index in [2.05, 4.69) is 13.2 Å². The Balaban J connectivity index is 2.08. The first-order valence-electron chi connectivity index (χ1n) is 13.4. The van der Waals surface area contributed by atoms with Gasteiger partial charge in [-0.2, -0.15) is 0 Å². The summed E-state index contributed by atoms with van der Waals surface area (Å²) < 4.78 is 12.3. The molecule has 1 N–H and O–H groups in total. The van der Waals surface area contributed by atoms with Crippen LogP contribution in [0.5, 0.6) is 0 Å². The molecule has 0 aliphatic carbocycles. The van der Waals surface area contributed by atoms with Gasteiger partial charge in [-0.1, -0.05) is 32.4 Å². The minimum atomic E-state index is -1.14. The van der Waals surface area contributed by atoms with E-state index in [0.717, 1.165) is 12.8 Å². The third-order valence-corrected chi connectivity index (χ3v) is 8.58. The lowest BCUT2D eigenvalue weighted by Crippen LogP contribution is -2.60. The normalized spacial score (nSPS) is 32.4. The molecule has 0 aromatic rings. The van der Waals surface area contributed by atoms with Crippen LogP contribution in [0.4, 0.5) is 0 Å². The van der Waals surface area contributed by atoms with Gasteiger partial charge >= 0.3 is 5.97 Å². The molecule has 3 aliphatic rings. The zero-order chi connectivity index (χ0) is 26.8. The van der Waals surface area contributed by atoms with Crippen molar-refractivity contribution in [3.63, 3.8) is 0 Å². The summed E-state index contributed by atoms with van der Waals surface area (Å²) in [5.74, 6) is -2.66. The van der Waals surface area contributed by atoms with Crippen LogP contribution >= 0.6 is 0 Å². The minimum Gasteiger partial charge on any atom is -0.465 e. The molecule has 0 aromatic carbocycles. The predicted molar refractivity (Wildman–Crippen MR) is 137 cm³/mol. The lowest BCUT2D eigenvalue weighted by Gasteiger charge is -2.42. The smallest absolute Gasteiger partial charge is 0.312 e. The molecule has 3 aliphatic heterocycles. The highest BCUT2D eigenvalue weighted by atomic mass is 16.6. The number of amides is 2. The molecule has 2 amide bonds. The Labute approximate surface area is 215 Å². The molecule has 3 heterocycles. The number of hydrogen-bond donors (Lipinski definition) is 1. The fourth-order valence-electron chi connectivity index (χ4n) is 6.51. The summed E-state index contributed by atoms with van der Waals surface area (Å²) in [5, 5.41) is 10.4. The van der Waals surface area contributed by atoms with Gasteiger partial charge in [0.25, 0.3) is 0 Å². The van der Waals surface area contributed by atoms with Crippen LogP contribution in [-0.2, 0) is 23.9 Å². The minimum absolute atomic E-state index is 0.0477. The summed E-state index contributed by atoms with van der Waals surface area (Å²) >= 11 is 0. The van der Waals surface area contributed by atoms with Crippen molar-refractivity contribution in [2.24, 2.45) is 17.8 Å². The molecule has 8 heteroatoms. The van der Waals surface area contributed by atoms with Gasteiger partial charge in [0.15, 0.2) is 0 Å². The van der Waals surface area contributed by atoms with E-state index in [0.29, 0.717) is 25.8 Å². The van der Waals surface area contributed by atoms with Crippen LogP contribution in [0.3, 0.4) is 0 Å². The number of aliphatic hydroxyl groups excluding tert-OH is 1. The van der Waals surface area contributed by atoms with E-state index in [1.54, 1.807) is 22.0 Å². The van der Waals surface area contributed by atoms with E-state index >= 15 is 0 Å². The Hall–Kier alpha value is -2.19. The van der Waals surface area contributed by atoms with E-state index in [4.69, 9.17) is 9.47 Å².